The molecule has 4 nitrogen and oxygen atoms in total. The van der Waals surface area contributed by atoms with Crippen molar-refractivity contribution in [1.82, 2.24) is 4.90 Å². The molecule has 5 unspecified atom stereocenters. The quantitative estimate of drug-likeness (QED) is 0.783. The Balaban J connectivity index is 1.72. The van der Waals surface area contributed by atoms with Gasteiger partial charge in [-0.25, -0.2) is 0 Å². The van der Waals surface area contributed by atoms with Gasteiger partial charge in [-0.1, -0.05) is 13.3 Å². The van der Waals surface area contributed by atoms with Crippen molar-refractivity contribution in [2.45, 2.75) is 63.6 Å². The van der Waals surface area contributed by atoms with E-state index < -0.39 is 0 Å². The molecule has 108 valence electrons. The van der Waals surface area contributed by atoms with Gasteiger partial charge in [0.25, 0.3) is 0 Å². The van der Waals surface area contributed by atoms with Crippen LogP contribution in [0.25, 0.3) is 0 Å². The monoisotopic (exact) mass is 266 g/mol. The fraction of sp³-hybridized carbons (Fsp3) is 0.933. The molecule has 2 saturated carbocycles. The average Bonchev–Trinajstić information content (AvgIpc) is 2.89. The molecule has 0 spiro atoms. The number of nitrogens with two attached hydrogens (primary N) is 1. The second kappa shape index (κ2) is 5.41. The van der Waals surface area contributed by atoms with Crippen LogP contribution in [0.15, 0.2) is 0 Å². The van der Waals surface area contributed by atoms with Crippen LogP contribution in [0, 0.1) is 11.8 Å². The lowest BCUT2D eigenvalue weighted by atomic mass is 9.77. The Morgan fingerprint density at radius 2 is 2.00 bits per heavy atom. The summed E-state index contributed by atoms with van der Waals surface area (Å²) in [5.41, 5.74) is 6.29. The highest BCUT2D eigenvalue weighted by Crippen LogP contribution is 2.34. The van der Waals surface area contributed by atoms with Crippen molar-refractivity contribution in [2.24, 2.45) is 17.6 Å². The van der Waals surface area contributed by atoms with Crippen LogP contribution < -0.4 is 5.73 Å². The molecule has 1 heterocycles. The molecule has 0 radical (unpaired) electrons. The molecule has 2 aliphatic carbocycles. The standard InChI is InChI=1S/C15H26N2O2/c1-10-4-2-5-11(14(10)16)15(18)17-8-9-19-13-7-3-6-12(13)17/h10-14H,2-9,16H2,1H3. The van der Waals surface area contributed by atoms with Crippen LogP contribution >= 0.6 is 0 Å². The molecule has 5 atom stereocenters. The van der Waals surface area contributed by atoms with E-state index in [9.17, 15) is 4.79 Å². The summed E-state index contributed by atoms with van der Waals surface area (Å²) in [5.74, 6) is 0.825. The third-order valence-corrected chi connectivity index (χ3v) is 5.38. The molecule has 0 bridgehead atoms. The maximum absolute atomic E-state index is 12.8. The van der Waals surface area contributed by atoms with Crippen LogP contribution in [0.5, 0.6) is 0 Å². The smallest absolute Gasteiger partial charge is 0.227 e. The van der Waals surface area contributed by atoms with Gasteiger partial charge < -0.3 is 15.4 Å². The lowest BCUT2D eigenvalue weighted by molar-refractivity contribution is -0.150. The van der Waals surface area contributed by atoms with Crippen LogP contribution in [-0.4, -0.2) is 42.1 Å². The number of morpholine rings is 1. The van der Waals surface area contributed by atoms with Crippen molar-refractivity contribution in [3.8, 4) is 0 Å². The van der Waals surface area contributed by atoms with Crippen molar-refractivity contribution in [3.05, 3.63) is 0 Å². The Labute approximate surface area is 115 Å². The molecule has 19 heavy (non-hydrogen) atoms. The molecule has 1 aliphatic heterocycles. The zero-order chi connectivity index (χ0) is 13.4. The first kappa shape index (κ1) is 13.4. The molecule has 0 aromatic carbocycles. The van der Waals surface area contributed by atoms with Crippen LogP contribution in [0.3, 0.4) is 0 Å². The van der Waals surface area contributed by atoms with Gasteiger partial charge >= 0.3 is 0 Å². The van der Waals surface area contributed by atoms with E-state index in [0.29, 0.717) is 24.5 Å². The van der Waals surface area contributed by atoms with Gasteiger partial charge in [-0.05, 0) is 38.0 Å². The summed E-state index contributed by atoms with van der Waals surface area (Å²) in [6.07, 6.45) is 6.97. The van der Waals surface area contributed by atoms with Crippen LogP contribution in [0.2, 0.25) is 0 Å². The molecule has 3 rings (SSSR count). The SMILES string of the molecule is CC1CCCC(C(=O)N2CCOC3CCCC32)C1N. The number of hydrogen-bond acceptors (Lipinski definition) is 3. The first-order valence-electron chi connectivity index (χ1n) is 7.86. The Morgan fingerprint density at radius 3 is 2.84 bits per heavy atom. The van der Waals surface area contributed by atoms with E-state index in [4.69, 9.17) is 10.5 Å². The molecule has 0 aromatic rings. The van der Waals surface area contributed by atoms with Gasteiger partial charge in [0.15, 0.2) is 0 Å². The zero-order valence-electron chi connectivity index (χ0n) is 11.9. The molecular weight excluding hydrogens is 240 g/mol. The minimum Gasteiger partial charge on any atom is -0.374 e. The van der Waals surface area contributed by atoms with E-state index in [0.717, 1.165) is 32.2 Å². The molecule has 3 fully saturated rings. The molecule has 0 aromatic heterocycles. The summed E-state index contributed by atoms with van der Waals surface area (Å²) in [7, 11) is 0. The molecule has 4 heteroatoms. The predicted octanol–water partition coefficient (Wildman–Crippen LogP) is 1.53. The second-order valence-electron chi connectivity index (χ2n) is 6.53. The fourth-order valence-corrected chi connectivity index (χ4v) is 4.14. The summed E-state index contributed by atoms with van der Waals surface area (Å²) in [6.45, 7) is 3.64. The maximum Gasteiger partial charge on any atom is 0.227 e. The van der Waals surface area contributed by atoms with Crippen molar-refractivity contribution < 1.29 is 9.53 Å². The van der Waals surface area contributed by atoms with Crippen LogP contribution in [-0.2, 0) is 9.53 Å². The first-order chi connectivity index (χ1) is 9.18. The van der Waals surface area contributed by atoms with Gasteiger partial charge in [0.05, 0.1) is 24.7 Å². The normalized spacial score (nSPS) is 43.1. The van der Waals surface area contributed by atoms with E-state index in [1.165, 1.54) is 12.8 Å². The van der Waals surface area contributed by atoms with Gasteiger partial charge in [0, 0.05) is 12.6 Å². The molecular formula is C15H26N2O2. The topological polar surface area (TPSA) is 55.6 Å². The number of carbonyl (C=O) groups excluding carboxylic acids is 1. The van der Waals surface area contributed by atoms with Crippen LogP contribution in [0.1, 0.15) is 45.4 Å². The third kappa shape index (κ3) is 2.40. The van der Waals surface area contributed by atoms with Gasteiger partial charge in [0.2, 0.25) is 5.91 Å². The Kier molecular flexibility index (Phi) is 3.81. The predicted molar refractivity (Wildman–Crippen MR) is 73.6 cm³/mol. The van der Waals surface area contributed by atoms with Gasteiger partial charge in [-0.15, -0.1) is 0 Å². The minimum absolute atomic E-state index is 0.0445. The molecule has 1 amide bonds. The average molecular weight is 266 g/mol. The number of rotatable bonds is 1. The third-order valence-electron chi connectivity index (χ3n) is 5.38. The highest BCUT2D eigenvalue weighted by molar-refractivity contribution is 5.80. The molecule has 3 aliphatic rings. The van der Waals surface area contributed by atoms with E-state index in [1.54, 1.807) is 0 Å². The number of ether oxygens (including phenoxy) is 1. The van der Waals surface area contributed by atoms with E-state index in [-0.39, 0.29) is 18.1 Å². The van der Waals surface area contributed by atoms with E-state index >= 15 is 0 Å². The Bertz CT molecular complexity index is 347. The summed E-state index contributed by atoms with van der Waals surface area (Å²) >= 11 is 0. The minimum atomic E-state index is 0.0445. The largest absolute Gasteiger partial charge is 0.374 e. The summed E-state index contributed by atoms with van der Waals surface area (Å²) in [4.78, 5) is 14.9. The highest BCUT2D eigenvalue weighted by Gasteiger charge is 2.42. The lowest BCUT2D eigenvalue weighted by Crippen LogP contribution is -2.56. The Hall–Kier alpha value is -0.610. The number of nitrogens with zero attached hydrogens (tertiary/aromatic N) is 1. The lowest BCUT2D eigenvalue weighted by Gasteiger charge is -2.42. The van der Waals surface area contributed by atoms with Gasteiger partial charge in [-0.2, -0.15) is 0 Å². The zero-order valence-corrected chi connectivity index (χ0v) is 11.9. The van der Waals surface area contributed by atoms with Crippen molar-refractivity contribution >= 4 is 5.91 Å². The fourth-order valence-electron chi connectivity index (χ4n) is 4.14. The number of hydrogen-bond donors (Lipinski definition) is 1. The molecule has 2 N–H and O–H groups in total. The van der Waals surface area contributed by atoms with Gasteiger partial charge in [0.1, 0.15) is 0 Å². The van der Waals surface area contributed by atoms with Crippen molar-refractivity contribution in [3.63, 3.8) is 0 Å². The second-order valence-corrected chi connectivity index (χ2v) is 6.53. The first-order valence-corrected chi connectivity index (χ1v) is 7.86. The number of amides is 1. The highest BCUT2D eigenvalue weighted by atomic mass is 16.5. The van der Waals surface area contributed by atoms with E-state index in [2.05, 4.69) is 11.8 Å². The van der Waals surface area contributed by atoms with Crippen molar-refractivity contribution in [1.29, 1.82) is 0 Å². The maximum atomic E-state index is 12.8. The van der Waals surface area contributed by atoms with Crippen LogP contribution in [0.4, 0.5) is 0 Å². The number of carbonyl (C=O) groups is 1. The summed E-state index contributed by atoms with van der Waals surface area (Å²) in [5, 5.41) is 0. The summed E-state index contributed by atoms with van der Waals surface area (Å²) in [6, 6.07) is 0.370. The number of fused-ring (bicyclic) bond motifs is 1. The summed E-state index contributed by atoms with van der Waals surface area (Å²) < 4.78 is 5.79. The van der Waals surface area contributed by atoms with E-state index in [1.807, 2.05) is 0 Å². The van der Waals surface area contributed by atoms with Gasteiger partial charge in [-0.3, -0.25) is 4.79 Å². The Morgan fingerprint density at radius 1 is 1.21 bits per heavy atom. The van der Waals surface area contributed by atoms with Crippen molar-refractivity contribution in [2.75, 3.05) is 13.2 Å². The molecule has 1 saturated heterocycles.